The lowest BCUT2D eigenvalue weighted by atomic mass is 10.4. The number of H-pyrrole nitrogens is 2. The fraction of sp³-hybridized carbons (Fsp3) is 0.235. The molecule has 4 heterocycles. The summed E-state index contributed by atoms with van der Waals surface area (Å²) in [6.45, 7) is 0. The van der Waals surface area contributed by atoms with Gasteiger partial charge >= 0.3 is 5.69 Å². The molecular formula is C17H24N18O4. The van der Waals surface area contributed by atoms with E-state index in [4.69, 9.17) is 17.2 Å². The number of imidazole rings is 3. The Labute approximate surface area is 217 Å². The molecule has 0 aliphatic rings. The normalized spacial score (nSPS) is 10.6. The second kappa shape index (κ2) is 13.3. The molecule has 22 nitrogen and oxygen atoms in total. The van der Waals surface area contributed by atoms with E-state index < -0.39 is 23.4 Å². The molecule has 0 aliphatic heterocycles. The van der Waals surface area contributed by atoms with Gasteiger partial charge in [0.25, 0.3) is 17.7 Å². The van der Waals surface area contributed by atoms with Crippen LogP contribution in [0.2, 0.25) is 0 Å². The number of carbonyl (C=O) groups excluding carboxylic acids is 3. The highest BCUT2D eigenvalue weighted by atomic mass is 16.2. The van der Waals surface area contributed by atoms with Crippen LogP contribution in [-0.2, 0) is 7.05 Å². The van der Waals surface area contributed by atoms with Crippen LogP contribution in [-0.4, -0.2) is 88.2 Å². The monoisotopic (exact) mass is 544 g/mol. The van der Waals surface area contributed by atoms with Crippen LogP contribution in [0.25, 0.3) is 5.65 Å². The van der Waals surface area contributed by atoms with Crippen LogP contribution < -0.4 is 28.3 Å². The Morgan fingerprint density at radius 2 is 1.64 bits per heavy atom. The molecule has 39 heavy (non-hydrogen) atoms. The molecule has 22 heteroatoms. The molecule has 0 aromatic carbocycles. The van der Waals surface area contributed by atoms with Crippen LogP contribution in [0.1, 0.15) is 31.5 Å². The number of fused-ring (bicyclic) bond motifs is 1. The number of hydrogen-bond donors (Lipinski definition) is 6. The number of nitrogens with two attached hydrogens (primary N) is 3. The summed E-state index contributed by atoms with van der Waals surface area (Å²) in [6.07, 6.45) is 3.87. The van der Waals surface area contributed by atoms with E-state index in [1.54, 1.807) is 14.1 Å². The largest absolute Gasteiger partial charge is 0.364 e. The lowest BCUT2D eigenvalue weighted by Crippen LogP contribution is -2.27. The topological polar surface area (TPSA) is 316 Å². The van der Waals surface area contributed by atoms with Crippen molar-refractivity contribution < 1.29 is 14.4 Å². The Bertz CT molecular complexity index is 1560. The molecule has 9 N–H and O–H groups in total. The molecule has 0 unspecified atom stereocenters. The highest BCUT2D eigenvalue weighted by Gasteiger charge is 2.14. The molecule has 0 atom stereocenters. The summed E-state index contributed by atoms with van der Waals surface area (Å²) in [5.74, 6) is -1.48. The van der Waals surface area contributed by atoms with Crippen LogP contribution in [0.3, 0.4) is 0 Å². The summed E-state index contributed by atoms with van der Waals surface area (Å²) in [5.41, 5.74) is 17.4. The van der Waals surface area contributed by atoms with Gasteiger partial charge in [0.1, 0.15) is 12.0 Å². The van der Waals surface area contributed by atoms with E-state index >= 15 is 0 Å². The van der Waals surface area contributed by atoms with Gasteiger partial charge in [-0.1, -0.05) is 15.7 Å². The van der Waals surface area contributed by atoms with Gasteiger partial charge in [0.2, 0.25) is 5.82 Å². The van der Waals surface area contributed by atoms with E-state index in [0.717, 1.165) is 9.08 Å². The van der Waals surface area contributed by atoms with E-state index in [9.17, 15) is 19.2 Å². The standard InChI is InChI=1S/C6H6N6O2.C6H10N6O.C5H8N6O/c1-11-6(14)12-2-8-3(4(7)13)5(12)9-10-11;1-12(2)11-10-6-4(5(7)13)8-3-9-6;1-7-11-10-5-3(4(6)12)8-2-9-5/h2H,1H3,(H2,7,13);3H,1-2H3,(H2,7,13)(H,8,9);2H,1H3,(H2,6,12)(H,7,10)(H,8,9). The van der Waals surface area contributed by atoms with Gasteiger partial charge in [-0.2, -0.15) is 9.80 Å². The number of amides is 3. The Kier molecular flexibility index (Phi) is 9.93. The smallest absolute Gasteiger partial charge is 0.352 e. The maximum Gasteiger partial charge on any atom is 0.352 e. The van der Waals surface area contributed by atoms with E-state index in [2.05, 4.69) is 61.3 Å². The predicted octanol–water partition coefficient (Wildman–Crippen LogP) is -2.09. The highest BCUT2D eigenvalue weighted by molar-refractivity contribution is 5.96. The van der Waals surface area contributed by atoms with Crippen molar-refractivity contribution >= 4 is 35.0 Å². The van der Waals surface area contributed by atoms with Crippen LogP contribution in [0.15, 0.2) is 44.5 Å². The predicted molar refractivity (Wildman–Crippen MR) is 131 cm³/mol. The van der Waals surface area contributed by atoms with Gasteiger partial charge in [0.05, 0.1) is 19.7 Å². The quantitative estimate of drug-likeness (QED) is 0.108. The minimum absolute atomic E-state index is 0.0600. The van der Waals surface area contributed by atoms with Crippen molar-refractivity contribution in [1.29, 1.82) is 0 Å². The Hall–Kier alpha value is -6.09. The minimum Gasteiger partial charge on any atom is -0.364 e. The van der Waals surface area contributed by atoms with Crippen LogP contribution in [0.4, 0.5) is 11.6 Å². The van der Waals surface area contributed by atoms with Gasteiger partial charge in [0, 0.05) is 21.1 Å². The van der Waals surface area contributed by atoms with Crippen molar-refractivity contribution in [1.82, 2.24) is 49.3 Å². The molecule has 0 spiro atoms. The SMILES string of the molecule is CN(C)N=Nc1nc[nH]c1C(N)=O.CN=NNc1nc[nH]c1C(N)=O.Cn1nnc2c(C(N)=O)ncn2c1=O. The van der Waals surface area contributed by atoms with E-state index in [-0.39, 0.29) is 34.4 Å². The number of aromatic nitrogens is 9. The molecule has 4 rings (SSSR count). The third kappa shape index (κ3) is 7.69. The van der Waals surface area contributed by atoms with Crippen LogP contribution in [0, 0.1) is 0 Å². The Morgan fingerprint density at radius 1 is 1.00 bits per heavy atom. The first-order valence-corrected chi connectivity index (χ1v) is 10.3. The zero-order chi connectivity index (χ0) is 29.1. The second-order valence-electron chi connectivity index (χ2n) is 7.05. The number of primary amides is 3. The number of aromatic amines is 2. The summed E-state index contributed by atoms with van der Waals surface area (Å²) in [4.78, 5) is 60.0. The highest BCUT2D eigenvalue weighted by Crippen LogP contribution is 2.12. The van der Waals surface area contributed by atoms with Gasteiger partial charge < -0.3 is 27.2 Å². The molecule has 4 aromatic rings. The van der Waals surface area contributed by atoms with Crippen LogP contribution >= 0.6 is 0 Å². The van der Waals surface area contributed by atoms with Gasteiger partial charge in [-0.15, -0.1) is 10.2 Å². The number of rotatable bonds is 7. The second-order valence-corrected chi connectivity index (χ2v) is 7.05. The van der Waals surface area contributed by atoms with Crippen molar-refractivity contribution in [3.8, 4) is 0 Å². The van der Waals surface area contributed by atoms with E-state index in [1.807, 2.05) is 0 Å². The molecular weight excluding hydrogens is 520 g/mol. The number of anilines is 1. The van der Waals surface area contributed by atoms with Crippen molar-refractivity contribution in [2.45, 2.75) is 0 Å². The van der Waals surface area contributed by atoms with Gasteiger partial charge in [-0.25, -0.2) is 29.6 Å². The molecule has 3 amide bonds. The number of nitrogens with one attached hydrogen (secondary N) is 3. The molecule has 0 saturated heterocycles. The number of carbonyl (C=O) groups is 3. The number of aryl methyl sites for hydroxylation is 1. The van der Waals surface area contributed by atoms with Gasteiger partial charge in [-0.05, 0) is 0 Å². The van der Waals surface area contributed by atoms with Gasteiger partial charge in [0.15, 0.2) is 22.9 Å². The fourth-order valence-corrected chi connectivity index (χ4v) is 2.40. The maximum atomic E-state index is 11.4. The summed E-state index contributed by atoms with van der Waals surface area (Å²) >= 11 is 0. The fourth-order valence-electron chi connectivity index (χ4n) is 2.40. The lowest BCUT2D eigenvalue weighted by Gasteiger charge is -1.98. The summed E-state index contributed by atoms with van der Waals surface area (Å²) in [6, 6.07) is 0. The third-order valence-electron chi connectivity index (χ3n) is 4.06. The van der Waals surface area contributed by atoms with Crippen molar-refractivity contribution in [2.75, 3.05) is 26.6 Å². The number of hydrogen-bond acceptors (Lipinski definition) is 13. The zero-order valence-corrected chi connectivity index (χ0v) is 21.0. The van der Waals surface area contributed by atoms with Crippen molar-refractivity contribution in [3.63, 3.8) is 0 Å². The van der Waals surface area contributed by atoms with E-state index in [1.165, 1.54) is 38.1 Å². The lowest BCUT2D eigenvalue weighted by molar-refractivity contribution is 0.0988. The molecule has 4 aromatic heterocycles. The average molecular weight is 545 g/mol. The molecule has 0 saturated carbocycles. The molecule has 206 valence electrons. The maximum absolute atomic E-state index is 11.4. The average Bonchev–Trinajstić information content (AvgIpc) is 3.63. The first-order chi connectivity index (χ1) is 18.5. The molecule has 0 fully saturated rings. The first kappa shape index (κ1) is 29.1. The van der Waals surface area contributed by atoms with Crippen molar-refractivity contribution in [3.05, 3.63) is 46.5 Å². The van der Waals surface area contributed by atoms with Gasteiger partial charge in [-0.3, -0.25) is 19.4 Å². The third-order valence-corrected chi connectivity index (χ3v) is 4.06. The Balaban J connectivity index is 0.000000206. The first-order valence-electron chi connectivity index (χ1n) is 10.3. The molecule has 0 aliphatic carbocycles. The van der Waals surface area contributed by atoms with Crippen LogP contribution in [0.5, 0.6) is 0 Å². The molecule has 0 bridgehead atoms. The summed E-state index contributed by atoms with van der Waals surface area (Å²) in [7, 11) is 6.35. The summed E-state index contributed by atoms with van der Waals surface area (Å²) in [5, 5.41) is 22.9. The van der Waals surface area contributed by atoms with E-state index in [0.29, 0.717) is 0 Å². The zero-order valence-electron chi connectivity index (χ0n) is 21.0. The minimum atomic E-state index is -0.741. The Morgan fingerprint density at radius 3 is 2.23 bits per heavy atom. The van der Waals surface area contributed by atoms with Crippen molar-refractivity contribution in [2.24, 2.45) is 44.9 Å². The summed E-state index contributed by atoms with van der Waals surface area (Å²) < 4.78 is 2.13. The number of nitrogens with zero attached hydrogens (tertiary/aromatic N) is 12. The molecule has 0 radical (unpaired) electrons.